The van der Waals surface area contributed by atoms with Gasteiger partial charge in [0.1, 0.15) is 11.3 Å². The van der Waals surface area contributed by atoms with E-state index in [4.69, 9.17) is 4.74 Å². The van der Waals surface area contributed by atoms with Crippen molar-refractivity contribution in [1.29, 1.82) is 0 Å². The van der Waals surface area contributed by atoms with E-state index in [0.717, 1.165) is 23.6 Å². The highest BCUT2D eigenvalue weighted by Gasteiger charge is 2.14. The first-order valence-electron chi connectivity index (χ1n) is 8.61. The van der Waals surface area contributed by atoms with Gasteiger partial charge in [0.05, 0.1) is 18.5 Å². The van der Waals surface area contributed by atoms with Gasteiger partial charge in [0.25, 0.3) is 5.56 Å². The van der Waals surface area contributed by atoms with Crippen molar-refractivity contribution in [2.24, 2.45) is 5.10 Å². The number of H-pyrrole nitrogens is 1. The first-order valence-corrected chi connectivity index (χ1v) is 8.61. The second-order valence-electron chi connectivity index (χ2n) is 5.66. The number of carbonyl (C=O) groups is 1. The van der Waals surface area contributed by atoms with E-state index in [2.05, 4.69) is 15.5 Å². The van der Waals surface area contributed by atoms with Crippen molar-refractivity contribution < 1.29 is 14.6 Å². The second kappa shape index (κ2) is 9.37. The summed E-state index contributed by atoms with van der Waals surface area (Å²) in [6.45, 7) is 4.30. The molecule has 9 heteroatoms. The van der Waals surface area contributed by atoms with Gasteiger partial charge in [-0.3, -0.25) is 14.6 Å². The average Bonchev–Trinajstić information content (AvgIpc) is 2.64. The molecule has 0 fully saturated rings. The number of hydrazone groups is 1. The van der Waals surface area contributed by atoms with Crippen LogP contribution in [0.3, 0.4) is 0 Å². The molecule has 144 valence electrons. The normalized spacial score (nSPS) is 10.9. The number of unbranched alkanes of at least 4 members (excludes halogenated alkanes) is 1. The van der Waals surface area contributed by atoms with Crippen molar-refractivity contribution in [2.75, 3.05) is 6.61 Å². The molecular weight excluding hydrogens is 352 g/mol. The molecule has 0 spiro atoms. The molecule has 0 bridgehead atoms. The van der Waals surface area contributed by atoms with E-state index in [9.17, 15) is 19.5 Å². The predicted molar refractivity (Wildman–Crippen MR) is 101 cm³/mol. The number of ether oxygens (including phenoxy) is 1. The highest BCUT2D eigenvalue weighted by Crippen LogP contribution is 2.18. The van der Waals surface area contributed by atoms with E-state index in [-0.39, 0.29) is 11.5 Å². The third-order valence-corrected chi connectivity index (χ3v) is 3.67. The van der Waals surface area contributed by atoms with Crippen molar-refractivity contribution >= 4 is 12.1 Å². The van der Waals surface area contributed by atoms with Crippen molar-refractivity contribution in [1.82, 2.24) is 15.0 Å². The van der Waals surface area contributed by atoms with Crippen LogP contribution in [0, 0.1) is 0 Å². The zero-order valence-electron chi connectivity index (χ0n) is 15.2. The molecule has 9 nitrogen and oxygen atoms in total. The molecule has 0 saturated heterocycles. The van der Waals surface area contributed by atoms with Gasteiger partial charge in [0.2, 0.25) is 11.8 Å². The van der Waals surface area contributed by atoms with Crippen LogP contribution in [0.2, 0.25) is 0 Å². The lowest BCUT2D eigenvalue weighted by molar-refractivity contribution is -0.121. The van der Waals surface area contributed by atoms with Gasteiger partial charge in [-0.1, -0.05) is 13.3 Å². The molecule has 1 aromatic heterocycles. The Morgan fingerprint density at radius 1 is 1.30 bits per heavy atom. The molecular formula is C18H22N4O5. The fourth-order valence-electron chi connectivity index (χ4n) is 2.31. The summed E-state index contributed by atoms with van der Waals surface area (Å²) in [5.41, 5.74) is 0.746. The molecule has 0 radical (unpaired) electrons. The number of benzene rings is 1. The number of amides is 1. The maximum Gasteiger partial charge on any atom is 0.335 e. The molecule has 2 rings (SSSR count). The van der Waals surface area contributed by atoms with Crippen LogP contribution in [-0.2, 0) is 4.79 Å². The van der Waals surface area contributed by atoms with E-state index in [1.165, 1.54) is 0 Å². The minimum Gasteiger partial charge on any atom is -0.494 e. The van der Waals surface area contributed by atoms with Crippen molar-refractivity contribution in [3.63, 3.8) is 0 Å². The number of rotatable bonds is 8. The smallest absolute Gasteiger partial charge is 0.335 e. The number of hydrogen-bond acceptors (Lipinski definition) is 6. The Labute approximate surface area is 155 Å². The SMILES string of the molecule is CCCCC(=O)NN=Cc1c(O)n(-c2ccc(OCC)cc2)c(=O)[nH]c1=O. The number of nitrogens with one attached hydrogen (secondary N) is 2. The first kappa shape index (κ1) is 20.0. The Balaban J connectivity index is 2.32. The topological polar surface area (TPSA) is 126 Å². The van der Waals surface area contributed by atoms with Crippen molar-refractivity contribution in [2.45, 2.75) is 33.1 Å². The summed E-state index contributed by atoms with van der Waals surface area (Å²) in [4.78, 5) is 37.8. The summed E-state index contributed by atoms with van der Waals surface area (Å²) in [7, 11) is 0. The van der Waals surface area contributed by atoms with Gasteiger partial charge in [-0.25, -0.2) is 14.8 Å². The molecule has 0 aliphatic carbocycles. The fraction of sp³-hybridized carbons (Fsp3) is 0.333. The highest BCUT2D eigenvalue weighted by molar-refractivity contribution is 5.84. The van der Waals surface area contributed by atoms with E-state index < -0.39 is 17.1 Å². The van der Waals surface area contributed by atoms with Gasteiger partial charge in [0.15, 0.2) is 0 Å². The zero-order chi connectivity index (χ0) is 19.8. The Kier molecular flexibility index (Phi) is 6.93. The number of aromatic hydroxyl groups is 1. The van der Waals surface area contributed by atoms with Crippen LogP contribution in [0.15, 0.2) is 39.0 Å². The number of carbonyl (C=O) groups excluding carboxylic acids is 1. The molecule has 27 heavy (non-hydrogen) atoms. The summed E-state index contributed by atoms with van der Waals surface area (Å²) < 4.78 is 6.26. The summed E-state index contributed by atoms with van der Waals surface area (Å²) in [6.07, 6.45) is 2.89. The summed E-state index contributed by atoms with van der Waals surface area (Å²) in [5.74, 6) is -0.280. The largest absolute Gasteiger partial charge is 0.494 e. The van der Waals surface area contributed by atoms with Crippen molar-refractivity contribution in [3.8, 4) is 17.3 Å². The Morgan fingerprint density at radius 2 is 2.00 bits per heavy atom. The first-order chi connectivity index (χ1) is 13.0. The lowest BCUT2D eigenvalue weighted by atomic mass is 10.2. The lowest BCUT2D eigenvalue weighted by Crippen LogP contribution is -2.31. The van der Waals surface area contributed by atoms with Crippen LogP contribution in [0.1, 0.15) is 38.7 Å². The van der Waals surface area contributed by atoms with Gasteiger partial charge in [0, 0.05) is 6.42 Å². The van der Waals surface area contributed by atoms with Crippen LogP contribution >= 0.6 is 0 Å². The van der Waals surface area contributed by atoms with Crippen LogP contribution < -0.4 is 21.4 Å². The minimum atomic E-state index is -0.814. The molecule has 0 aliphatic heterocycles. The quantitative estimate of drug-likeness (QED) is 0.474. The summed E-state index contributed by atoms with van der Waals surface area (Å²) in [5, 5.41) is 14.1. The molecule has 0 saturated carbocycles. The molecule has 0 aliphatic rings. The van der Waals surface area contributed by atoms with E-state index in [1.54, 1.807) is 24.3 Å². The van der Waals surface area contributed by atoms with Gasteiger partial charge in [-0.15, -0.1) is 0 Å². The van der Waals surface area contributed by atoms with Gasteiger partial charge in [-0.05, 0) is 37.6 Å². The molecule has 0 atom stereocenters. The summed E-state index contributed by atoms with van der Waals surface area (Å²) >= 11 is 0. The third kappa shape index (κ3) is 5.06. The van der Waals surface area contributed by atoms with Crippen molar-refractivity contribution in [3.05, 3.63) is 50.7 Å². The number of nitrogens with zero attached hydrogens (tertiary/aromatic N) is 2. The maximum absolute atomic E-state index is 12.1. The summed E-state index contributed by atoms with van der Waals surface area (Å²) in [6, 6.07) is 6.41. The number of hydrogen-bond donors (Lipinski definition) is 3. The lowest BCUT2D eigenvalue weighted by Gasteiger charge is -2.10. The Hall–Kier alpha value is -3.36. The molecule has 1 amide bonds. The maximum atomic E-state index is 12.1. The molecule has 1 aromatic carbocycles. The van der Waals surface area contributed by atoms with Crippen LogP contribution in [0.4, 0.5) is 0 Å². The second-order valence-corrected chi connectivity index (χ2v) is 5.66. The molecule has 1 heterocycles. The monoisotopic (exact) mass is 374 g/mol. The van der Waals surface area contributed by atoms with Crippen LogP contribution in [-0.4, -0.2) is 33.4 Å². The van der Waals surface area contributed by atoms with Gasteiger partial charge < -0.3 is 9.84 Å². The Bertz CT molecular complexity index is 928. The van der Waals surface area contributed by atoms with Gasteiger partial charge in [-0.2, -0.15) is 5.10 Å². The average molecular weight is 374 g/mol. The van der Waals surface area contributed by atoms with E-state index >= 15 is 0 Å². The van der Waals surface area contributed by atoms with E-state index in [1.807, 2.05) is 13.8 Å². The van der Waals surface area contributed by atoms with Crippen LogP contribution in [0.5, 0.6) is 11.6 Å². The third-order valence-electron chi connectivity index (χ3n) is 3.67. The molecule has 3 N–H and O–H groups in total. The van der Waals surface area contributed by atoms with Gasteiger partial charge >= 0.3 is 5.69 Å². The zero-order valence-corrected chi connectivity index (χ0v) is 15.2. The number of aromatic amines is 1. The highest BCUT2D eigenvalue weighted by atomic mass is 16.5. The molecule has 0 unspecified atom stereocenters. The van der Waals surface area contributed by atoms with E-state index in [0.29, 0.717) is 24.5 Å². The predicted octanol–water partition coefficient (Wildman–Crippen LogP) is 1.27. The molecule has 2 aromatic rings. The Morgan fingerprint density at radius 3 is 2.63 bits per heavy atom. The van der Waals surface area contributed by atoms with Crippen LogP contribution in [0.25, 0.3) is 5.69 Å². The standard InChI is InChI=1S/C18H22N4O5/c1-3-5-6-15(23)21-19-11-14-16(24)20-18(26)22(17(14)25)12-7-9-13(10-8-12)27-4-2/h7-11,25H,3-6H2,1-2H3,(H,21,23)(H,20,24,26). The fourth-order valence-corrected chi connectivity index (χ4v) is 2.31. The minimum absolute atomic E-state index is 0.251. The number of aromatic nitrogens is 2.